The molecule has 19 heavy (non-hydrogen) atoms. The first kappa shape index (κ1) is 14.0. The van der Waals surface area contributed by atoms with Crippen LogP contribution in [0.15, 0.2) is 40.9 Å². The molecule has 0 saturated carbocycles. The second kappa shape index (κ2) is 5.72. The molecule has 4 heteroatoms. The highest BCUT2D eigenvalue weighted by molar-refractivity contribution is 9.10. The van der Waals surface area contributed by atoms with Crippen molar-refractivity contribution in [2.24, 2.45) is 5.73 Å². The van der Waals surface area contributed by atoms with Crippen LogP contribution in [0.25, 0.3) is 0 Å². The fourth-order valence-electron chi connectivity index (χ4n) is 1.92. The molecule has 0 atom stereocenters. The average Bonchev–Trinajstić information content (AvgIpc) is 2.34. The minimum atomic E-state index is 0.431. The van der Waals surface area contributed by atoms with Crippen molar-refractivity contribution in [3.63, 3.8) is 0 Å². The fourth-order valence-corrected chi connectivity index (χ4v) is 2.51. The summed E-state index contributed by atoms with van der Waals surface area (Å²) in [4.78, 5) is 0.431. The lowest BCUT2D eigenvalue weighted by atomic mass is 10.1. The lowest BCUT2D eigenvalue weighted by molar-refractivity contribution is 1.39. The highest BCUT2D eigenvalue weighted by atomic mass is 79.9. The lowest BCUT2D eigenvalue weighted by Crippen LogP contribution is -2.11. The molecule has 0 unspecified atom stereocenters. The van der Waals surface area contributed by atoms with Gasteiger partial charge in [-0.1, -0.05) is 24.4 Å². The van der Waals surface area contributed by atoms with Crippen LogP contribution in [-0.4, -0.2) is 4.99 Å². The van der Waals surface area contributed by atoms with E-state index in [1.165, 1.54) is 5.56 Å². The molecule has 3 N–H and O–H groups in total. The zero-order chi connectivity index (χ0) is 14.0. The van der Waals surface area contributed by atoms with E-state index in [4.69, 9.17) is 18.0 Å². The van der Waals surface area contributed by atoms with Crippen LogP contribution in [0, 0.1) is 13.8 Å². The van der Waals surface area contributed by atoms with Crippen LogP contribution in [0.2, 0.25) is 0 Å². The van der Waals surface area contributed by atoms with Gasteiger partial charge in [-0.15, -0.1) is 0 Å². The molecule has 0 amide bonds. The van der Waals surface area contributed by atoms with Crippen LogP contribution in [0.4, 0.5) is 11.4 Å². The number of halogens is 1. The topological polar surface area (TPSA) is 38.0 Å². The summed E-state index contributed by atoms with van der Waals surface area (Å²) >= 11 is 8.60. The Bertz CT molecular complexity index is 638. The van der Waals surface area contributed by atoms with Crippen molar-refractivity contribution in [2.45, 2.75) is 13.8 Å². The third kappa shape index (κ3) is 3.14. The smallest absolute Gasteiger partial charge is 0.104 e. The Balaban J connectivity index is 2.32. The Morgan fingerprint density at radius 1 is 1.16 bits per heavy atom. The summed E-state index contributed by atoms with van der Waals surface area (Å²) in [6, 6.07) is 12.1. The van der Waals surface area contributed by atoms with Gasteiger partial charge in [-0.2, -0.15) is 0 Å². The van der Waals surface area contributed by atoms with Crippen molar-refractivity contribution in [2.75, 3.05) is 5.32 Å². The van der Waals surface area contributed by atoms with E-state index in [0.717, 1.165) is 27.0 Å². The van der Waals surface area contributed by atoms with Gasteiger partial charge in [-0.3, -0.25) is 0 Å². The Labute approximate surface area is 127 Å². The van der Waals surface area contributed by atoms with Crippen LogP contribution in [0.5, 0.6) is 0 Å². The van der Waals surface area contributed by atoms with Gasteiger partial charge in [-0.25, -0.2) is 0 Å². The minimum absolute atomic E-state index is 0.431. The van der Waals surface area contributed by atoms with Crippen molar-refractivity contribution in [1.82, 2.24) is 0 Å². The molecule has 0 bridgehead atoms. The highest BCUT2D eigenvalue weighted by Crippen LogP contribution is 2.29. The van der Waals surface area contributed by atoms with Crippen LogP contribution in [0.3, 0.4) is 0 Å². The second-order valence-corrected chi connectivity index (χ2v) is 5.69. The van der Waals surface area contributed by atoms with Crippen molar-refractivity contribution in [1.29, 1.82) is 0 Å². The Morgan fingerprint density at radius 3 is 2.53 bits per heavy atom. The van der Waals surface area contributed by atoms with E-state index in [-0.39, 0.29) is 0 Å². The van der Waals surface area contributed by atoms with Crippen molar-refractivity contribution < 1.29 is 0 Å². The monoisotopic (exact) mass is 334 g/mol. The maximum absolute atomic E-state index is 5.66. The number of thiocarbonyl (C=S) groups is 1. The van der Waals surface area contributed by atoms with E-state index in [1.807, 2.05) is 37.3 Å². The minimum Gasteiger partial charge on any atom is -0.389 e. The number of anilines is 2. The molecule has 0 aliphatic carbocycles. The molecule has 2 nitrogen and oxygen atoms in total. The standard InChI is InChI=1S/C15H15BrN2S/c1-9-4-3-5-13(14(9)16)18-11-6-7-12(15(17)19)10(2)8-11/h3-8,18H,1-2H3,(H2,17,19). The van der Waals surface area contributed by atoms with Crippen LogP contribution >= 0.6 is 28.1 Å². The maximum atomic E-state index is 5.66. The Morgan fingerprint density at radius 2 is 1.89 bits per heavy atom. The number of nitrogens with two attached hydrogens (primary N) is 1. The molecular formula is C15H15BrN2S. The van der Waals surface area contributed by atoms with Gasteiger partial charge in [0.15, 0.2) is 0 Å². The summed E-state index contributed by atoms with van der Waals surface area (Å²) in [5, 5.41) is 3.39. The number of hydrogen-bond donors (Lipinski definition) is 2. The fraction of sp³-hybridized carbons (Fsp3) is 0.133. The van der Waals surface area contributed by atoms with Crippen molar-refractivity contribution >= 4 is 44.5 Å². The van der Waals surface area contributed by atoms with E-state index in [0.29, 0.717) is 4.99 Å². The van der Waals surface area contributed by atoms with Gasteiger partial charge >= 0.3 is 0 Å². The molecule has 2 aromatic rings. The summed E-state index contributed by atoms with van der Waals surface area (Å²) in [5.74, 6) is 0. The molecule has 0 aliphatic heterocycles. The quantitative estimate of drug-likeness (QED) is 0.814. The first-order chi connectivity index (χ1) is 8.99. The third-order valence-corrected chi connectivity index (χ3v) is 4.24. The molecule has 2 aromatic carbocycles. The molecule has 2 rings (SSSR count). The Kier molecular flexibility index (Phi) is 4.22. The highest BCUT2D eigenvalue weighted by Gasteiger charge is 2.05. The zero-order valence-corrected chi connectivity index (χ0v) is 13.2. The van der Waals surface area contributed by atoms with Crippen molar-refractivity contribution in [3.05, 3.63) is 57.6 Å². The van der Waals surface area contributed by atoms with Gasteiger partial charge in [0.05, 0.1) is 5.69 Å². The van der Waals surface area contributed by atoms with Gasteiger partial charge in [0.2, 0.25) is 0 Å². The second-order valence-electron chi connectivity index (χ2n) is 4.46. The van der Waals surface area contributed by atoms with Gasteiger partial charge in [0.25, 0.3) is 0 Å². The van der Waals surface area contributed by atoms with Gasteiger partial charge < -0.3 is 11.1 Å². The SMILES string of the molecule is Cc1cc(Nc2cccc(C)c2Br)ccc1C(N)=S. The molecule has 0 radical (unpaired) electrons. The lowest BCUT2D eigenvalue weighted by Gasteiger charge is -2.12. The summed E-state index contributed by atoms with van der Waals surface area (Å²) in [7, 11) is 0. The first-order valence-electron chi connectivity index (χ1n) is 5.91. The molecule has 98 valence electrons. The van der Waals surface area contributed by atoms with Crippen LogP contribution < -0.4 is 11.1 Å². The molecule has 0 spiro atoms. The maximum Gasteiger partial charge on any atom is 0.104 e. The first-order valence-corrected chi connectivity index (χ1v) is 7.12. The summed E-state index contributed by atoms with van der Waals surface area (Å²) in [5.41, 5.74) is 10.9. The zero-order valence-electron chi connectivity index (χ0n) is 10.8. The largest absolute Gasteiger partial charge is 0.389 e. The van der Waals surface area contributed by atoms with E-state index < -0.39 is 0 Å². The van der Waals surface area contributed by atoms with E-state index in [2.05, 4.69) is 34.2 Å². The number of nitrogens with one attached hydrogen (secondary N) is 1. The molecule has 0 saturated heterocycles. The van der Waals surface area contributed by atoms with E-state index in [9.17, 15) is 0 Å². The van der Waals surface area contributed by atoms with Crippen LogP contribution in [0.1, 0.15) is 16.7 Å². The molecular weight excluding hydrogens is 320 g/mol. The van der Waals surface area contributed by atoms with E-state index in [1.54, 1.807) is 0 Å². The van der Waals surface area contributed by atoms with Gasteiger partial charge in [0.1, 0.15) is 4.99 Å². The summed E-state index contributed by atoms with van der Waals surface area (Å²) in [6.45, 7) is 4.07. The summed E-state index contributed by atoms with van der Waals surface area (Å²) < 4.78 is 1.08. The normalized spacial score (nSPS) is 10.3. The van der Waals surface area contributed by atoms with Crippen LogP contribution in [-0.2, 0) is 0 Å². The third-order valence-electron chi connectivity index (χ3n) is 2.96. The molecule has 0 aromatic heterocycles. The average molecular weight is 335 g/mol. The Hall–Kier alpha value is -1.39. The van der Waals surface area contributed by atoms with E-state index >= 15 is 0 Å². The predicted molar refractivity (Wildman–Crippen MR) is 89.2 cm³/mol. The predicted octanol–water partition coefficient (Wildman–Crippen LogP) is 4.44. The number of rotatable bonds is 3. The molecule has 0 heterocycles. The summed E-state index contributed by atoms with van der Waals surface area (Å²) in [6.07, 6.45) is 0. The van der Waals surface area contributed by atoms with Gasteiger partial charge in [-0.05, 0) is 65.2 Å². The molecule has 0 fully saturated rings. The number of aryl methyl sites for hydroxylation is 2. The van der Waals surface area contributed by atoms with Crippen molar-refractivity contribution in [3.8, 4) is 0 Å². The molecule has 0 aliphatic rings. The van der Waals surface area contributed by atoms with Gasteiger partial charge in [0, 0.05) is 15.7 Å². The number of hydrogen-bond acceptors (Lipinski definition) is 2. The number of benzene rings is 2.